The van der Waals surface area contributed by atoms with Gasteiger partial charge < -0.3 is 0 Å². The molecule has 0 radical (unpaired) electrons. The lowest BCUT2D eigenvalue weighted by Gasteiger charge is -2.38. The lowest BCUT2D eigenvalue weighted by atomic mass is 9.82. The second kappa shape index (κ2) is 5.23. The number of nitrogens with zero attached hydrogens (tertiary/aromatic N) is 6. The Morgan fingerprint density at radius 3 is 2.57 bits per heavy atom. The maximum atomic E-state index is 4.82. The molecule has 6 atom stereocenters. The summed E-state index contributed by atoms with van der Waals surface area (Å²) in [7, 11) is 0. The summed E-state index contributed by atoms with van der Waals surface area (Å²) in [5, 5.41) is 21.1. The van der Waals surface area contributed by atoms with Gasteiger partial charge in [-0.3, -0.25) is 0 Å². The minimum Gasteiger partial charge on any atom is -0.242 e. The Morgan fingerprint density at radius 1 is 0.929 bits per heavy atom. The molecule has 3 aromatic rings. The quantitative estimate of drug-likeness (QED) is 0.619. The highest BCUT2D eigenvalue weighted by Crippen LogP contribution is 2.56. The van der Waals surface area contributed by atoms with Gasteiger partial charge in [-0.25, -0.2) is 9.99 Å². The monoisotopic (exact) mass is 386 g/mol. The van der Waals surface area contributed by atoms with Crippen molar-refractivity contribution in [3.63, 3.8) is 0 Å². The molecule has 4 aliphatic rings. The molecular formula is C21H18N6S. The second-order valence-corrected chi connectivity index (χ2v) is 9.37. The van der Waals surface area contributed by atoms with Crippen LogP contribution in [0, 0.1) is 18.8 Å². The summed E-state index contributed by atoms with van der Waals surface area (Å²) in [6, 6.07) is 16.5. The van der Waals surface area contributed by atoms with Crippen LogP contribution in [-0.2, 0) is 0 Å². The van der Waals surface area contributed by atoms with E-state index in [1.165, 1.54) is 16.7 Å². The maximum Gasteiger partial charge on any atom is 0.124 e. The molecule has 7 rings (SSSR count). The Bertz CT molecular complexity index is 1170. The number of thiazole rings is 1. The van der Waals surface area contributed by atoms with E-state index in [0.29, 0.717) is 30.0 Å². The SMILES string of the molecule is Cc1ccc2sc(-c3ccc(N4N=N[C@H]5[C@H]6C[C@H]([C@@H]7N=N[C@H]67)[C@H]54)cc3)nc2c1. The normalized spacial score (nSPS) is 34.1. The Labute approximate surface area is 166 Å². The summed E-state index contributed by atoms with van der Waals surface area (Å²) in [5.41, 5.74) is 4.58. The third-order valence-electron chi connectivity index (χ3n) is 6.82. The zero-order valence-corrected chi connectivity index (χ0v) is 16.1. The Hall–Kier alpha value is -2.67. The van der Waals surface area contributed by atoms with Crippen LogP contribution in [0.2, 0.25) is 0 Å². The minimum absolute atomic E-state index is 0.290. The van der Waals surface area contributed by atoms with Gasteiger partial charge in [0, 0.05) is 17.4 Å². The molecule has 2 saturated carbocycles. The first-order valence-corrected chi connectivity index (χ1v) is 10.7. The van der Waals surface area contributed by atoms with Crippen molar-refractivity contribution in [2.75, 3.05) is 5.01 Å². The van der Waals surface area contributed by atoms with E-state index in [0.717, 1.165) is 21.8 Å². The van der Waals surface area contributed by atoms with Crippen molar-refractivity contribution >= 4 is 27.2 Å². The average molecular weight is 386 g/mol. The van der Waals surface area contributed by atoms with Gasteiger partial charge in [0.25, 0.3) is 0 Å². The summed E-state index contributed by atoms with van der Waals surface area (Å²) in [4.78, 5) is 4.82. The van der Waals surface area contributed by atoms with Gasteiger partial charge in [0.1, 0.15) is 23.1 Å². The van der Waals surface area contributed by atoms with Crippen LogP contribution in [0.15, 0.2) is 63.0 Å². The predicted octanol–water partition coefficient (Wildman–Crippen LogP) is 5.05. The number of fused-ring (bicyclic) bond motifs is 9. The number of azo groups is 1. The third kappa shape index (κ3) is 1.90. The fourth-order valence-corrected chi connectivity index (χ4v) is 6.43. The van der Waals surface area contributed by atoms with Crippen LogP contribution in [0.1, 0.15) is 12.0 Å². The molecule has 28 heavy (non-hydrogen) atoms. The molecule has 0 amide bonds. The minimum atomic E-state index is 0.290. The third-order valence-corrected chi connectivity index (χ3v) is 7.90. The Balaban J connectivity index is 1.20. The van der Waals surface area contributed by atoms with Crippen molar-refractivity contribution in [3.8, 4) is 10.6 Å². The number of hydrogen-bond acceptors (Lipinski definition) is 7. The molecule has 6 nitrogen and oxygen atoms in total. The van der Waals surface area contributed by atoms with Crippen molar-refractivity contribution in [1.29, 1.82) is 0 Å². The van der Waals surface area contributed by atoms with Crippen LogP contribution in [-0.4, -0.2) is 29.2 Å². The number of rotatable bonds is 2. The molecule has 7 heteroatoms. The average Bonchev–Trinajstić information content (AvgIpc) is 3.40. The lowest BCUT2D eigenvalue weighted by molar-refractivity contribution is 0.242. The van der Waals surface area contributed by atoms with E-state index in [1.807, 2.05) is 0 Å². The van der Waals surface area contributed by atoms with E-state index in [9.17, 15) is 0 Å². The summed E-state index contributed by atoms with van der Waals surface area (Å²) >= 11 is 1.74. The first-order chi connectivity index (χ1) is 13.8. The highest BCUT2D eigenvalue weighted by molar-refractivity contribution is 7.21. The van der Waals surface area contributed by atoms with Gasteiger partial charge in [0.15, 0.2) is 0 Å². The molecule has 2 bridgehead atoms. The van der Waals surface area contributed by atoms with Crippen molar-refractivity contribution in [3.05, 3.63) is 48.0 Å². The molecule has 1 aromatic heterocycles. The van der Waals surface area contributed by atoms with Gasteiger partial charge in [-0.05, 0) is 55.3 Å². The topological polar surface area (TPSA) is 65.6 Å². The fraction of sp³-hybridized carbons (Fsp3) is 0.381. The number of hydrogen-bond donors (Lipinski definition) is 0. The zero-order valence-electron chi connectivity index (χ0n) is 15.3. The van der Waals surface area contributed by atoms with Crippen LogP contribution in [0.5, 0.6) is 0 Å². The van der Waals surface area contributed by atoms with E-state index >= 15 is 0 Å². The fourth-order valence-electron chi connectivity index (χ4n) is 5.48. The van der Waals surface area contributed by atoms with Crippen LogP contribution < -0.4 is 5.01 Å². The van der Waals surface area contributed by atoms with E-state index in [4.69, 9.17) is 4.98 Å². The highest BCUT2D eigenvalue weighted by atomic mass is 32.1. The summed E-state index contributed by atoms with van der Waals surface area (Å²) in [6.07, 6.45) is 1.19. The predicted molar refractivity (Wildman–Crippen MR) is 109 cm³/mol. The maximum absolute atomic E-state index is 4.82. The molecule has 0 N–H and O–H groups in total. The molecule has 2 aliphatic carbocycles. The van der Waals surface area contributed by atoms with E-state index in [2.05, 4.69) is 75.0 Å². The van der Waals surface area contributed by atoms with Crippen molar-refractivity contribution in [2.24, 2.45) is 32.4 Å². The molecule has 2 aromatic carbocycles. The van der Waals surface area contributed by atoms with E-state index < -0.39 is 0 Å². The number of anilines is 1. The number of aryl methyl sites for hydroxylation is 1. The molecular weight excluding hydrogens is 368 g/mol. The molecule has 0 unspecified atom stereocenters. The molecule has 2 aliphatic heterocycles. The smallest absolute Gasteiger partial charge is 0.124 e. The summed E-state index contributed by atoms with van der Waals surface area (Å²) in [5.74, 6) is 1.08. The van der Waals surface area contributed by atoms with E-state index in [-0.39, 0.29) is 6.04 Å². The summed E-state index contributed by atoms with van der Waals surface area (Å²) in [6.45, 7) is 2.11. The van der Waals surface area contributed by atoms with Crippen LogP contribution in [0.3, 0.4) is 0 Å². The van der Waals surface area contributed by atoms with Crippen molar-refractivity contribution < 1.29 is 0 Å². The van der Waals surface area contributed by atoms with Crippen LogP contribution in [0.4, 0.5) is 5.69 Å². The molecule has 0 spiro atoms. The van der Waals surface area contributed by atoms with Crippen LogP contribution in [0.25, 0.3) is 20.8 Å². The van der Waals surface area contributed by atoms with E-state index in [1.54, 1.807) is 11.3 Å². The van der Waals surface area contributed by atoms with Crippen molar-refractivity contribution in [1.82, 2.24) is 4.98 Å². The molecule has 0 saturated heterocycles. The van der Waals surface area contributed by atoms with Gasteiger partial charge in [0.2, 0.25) is 0 Å². The summed E-state index contributed by atoms with van der Waals surface area (Å²) < 4.78 is 1.23. The largest absolute Gasteiger partial charge is 0.242 e. The standard InChI is InChI=1S/C21H18N6S/c1-10-2-7-16-15(8-10)22-21(28-16)11-3-5-12(6-4-11)27-20-14-9-13(19(20)25-26-27)17-18(14)24-23-17/h2-8,13-14,17-20H,9H2,1H3/t13-,14+,17+,18-,19-,20+/m0/s1. The Kier molecular flexibility index (Phi) is 2.85. The second-order valence-electron chi connectivity index (χ2n) is 8.34. The Morgan fingerprint density at radius 2 is 1.75 bits per heavy atom. The molecule has 138 valence electrons. The van der Waals surface area contributed by atoms with Gasteiger partial charge in [-0.15, -0.1) is 11.3 Å². The number of benzene rings is 2. The highest BCUT2D eigenvalue weighted by Gasteiger charge is 2.65. The lowest BCUT2D eigenvalue weighted by Crippen LogP contribution is -2.52. The molecule has 3 heterocycles. The van der Waals surface area contributed by atoms with Crippen LogP contribution >= 0.6 is 11.3 Å². The van der Waals surface area contributed by atoms with Gasteiger partial charge >= 0.3 is 0 Å². The van der Waals surface area contributed by atoms with Crippen molar-refractivity contribution in [2.45, 2.75) is 37.5 Å². The van der Waals surface area contributed by atoms with Gasteiger partial charge in [-0.2, -0.15) is 15.3 Å². The zero-order chi connectivity index (χ0) is 18.4. The van der Waals surface area contributed by atoms with Gasteiger partial charge in [0.05, 0.1) is 21.9 Å². The first kappa shape index (κ1) is 15.3. The molecule has 2 fully saturated rings. The first-order valence-electron chi connectivity index (χ1n) is 9.84. The number of aromatic nitrogens is 1. The van der Waals surface area contributed by atoms with Gasteiger partial charge in [-0.1, -0.05) is 11.3 Å².